The highest BCUT2D eigenvalue weighted by Crippen LogP contribution is 2.35. The number of rotatable bonds is 7. The summed E-state index contributed by atoms with van der Waals surface area (Å²) >= 11 is 2.59. The number of Topliss-reactive ketones (excluding diaryl/α,β-unsaturated/α-hetero) is 1. The molecule has 0 atom stereocenters. The van der Waals surface area contributed by atoms with Gasteiger partial charge in [-0.2, -0.15) is 4.37 Å². The van der Waals surface area contributed by atoms with Crippen molar-refractivity contribution in [1.82, 2.24) is 14.3 Å². The van der Waals surface area contributed by atoms with Crippen LogP contribution in [0.15, 0.2) is 53.8 Å². The molecule has 30 heavy (non-hydrogen) atoms. The summed E-state index contributed by atoms with van der Waals surface area (Å²) < 4.78 is 29.0. The van der Waals surface area contributed by atoms with Crippen LogP contribution < -0.4 is 9.47 Å². The third-order valence-electron chi connectivity index (χ3n) is 4.39. The van der Waals surface area contributed by atoms with Gasteiger partial charge in [-0.15, -0.1) is 0 Å². The van der Waals surface area contributed by atoms with Gasteiger partial charge in [0.05, 0.1) is 20.0 Å². The summed E-state index contributed by atoms with van der Waals surface area (Å²) in [6.45, 7) is 0. The number of aromatic nitrogens is 3. The fourth-order valence-electron chi connectivity index (χ4n) is 2.87. The molecule has 0 aliphatic rings. The van der Waals surface area contributed by atoms with Gasteiger partial charge in [-0.1, -0.05) is 11.8 Å². The first-order valence-corrected chi connectivity index (χ1v) is 10.6. The van der Waals surface area contributed by atoms with Crippen molar-refractivity contribution in [1.29, 1.82) is 0 Å². The van der Waals surface area contributed by atoms with E-state index < -0.39 is 0 Å². The number of halogens is 1. The number of fused-ring (bicyclic) bond motifs is 1. The number of methoxy groups -OCH3 is 2. The number of ether oxygens (including phenoxy) is 2. The second-order valence-electron chi connectivity index (χ2n) is 6.18. The Balaban J connectivity index is 1.56. The van der Waals surface area contributed by atoms with Crippen molar-refractivity contribution < 1.29 is 18.7 Å². The molecular weight excluding hydrogens is 425 g/mol. The lowest BCUT2D eigenvalue weighted by Gasteiger charge is -2.09. The molecule has 0 saturated heterocycles. The van der Waals surface area contributed by atoms with Crippen LogP contribution in [0.1, 0.15) is 10.4 Å². The number of carbonyl (C=O) groups excluding carboxylic acids is 1. The molecule has 4 rings (SSSR count). The molecule has 0 radical (unpaired) electrons. The molecule has 0 aliphatic carbocycles. The lowest BCUT2D eigenvalue weighted by Crippen LogP contribution is -2.04. The number of ketones is 1. The third kappa shape index (κ3) is 3.99. The first-order valence-electron chi connectivity index (χ1n) is 8.85. The molecule has 0 N–H and O–H groups in total. The summed E-state index contributed by atoms with van der Waals surface area (Å²) in [7, 11) is 3.08. The van der Waals surface area contributed by atoms with Gasteiger partial charge in [-0.05, 0) is 54.0 Å². The van der Waals surface area contributed by atoms with Crippen molar-refractivity contribution in [2.24, 2.45) is 0 Å². The van der Waals surface area contributed by atoms with Crippen LogP contribution in [0.5, 0.6) is 11.5 Å². The number of nitrogens with zero attached hydrogens (tertiary/aromatic N) is 3. The minimum Gasteiger partial charge on any atom is -0.493 e. The molecule has 0 amide bonds. The van der Waals surface area contributed by atoms with Gasteiger partial charge in [0.15, 0.2) is 17.3 Å². The van der Waals surface area contributed by atoms with Crippen LogP contribution in [0.3, 0.4) is 0 Å². The zero-order chi connectivity index (χ0) is 21.1. The van der Waals surface area contributed by atoms with Crippen molar-refractivity contribution in [2.75, 3.05) is 20.0 Å². The van der Waals surface area contributed by atoms with E-state index >= 15 is 0 Å². The average molecular weight is 442 g/mol. The van der Waals surface area contributed by atoms with E-state index in [0.29, 0.717) is 33.3 Å². The SMILES string of the molecule is COc1ccc(C(=O)CSc2ncnc3c(-c4ccc(F)cc4)nsc23)cc1OC. The molecule has 2 aromatic heterocycles. The van der Waals surface area contributed by atoms with Crippen LogP contribution in [0.4, 0.5) is 4.39 Å². The average Bonchev–Trinajstić information content (AvgIpc) is 3.22. The van der Waals surface area contributed by atoms with E-state index in [2.05, 4.69) is 14.3 Å². The van der Waals surface area contributed by atoms with E-state index in [4.69, 9.17) is 9.47 Å². The molecule has 6 nitrogen and oxygen atoms in total. The molecule has 0 saturated carbocycles. The summed E-state index contributed by atoms with van der Waals surface area (Å²) in [6, 6.07) is 11.2. The standard InChI is InChI=1S/C21H16FN3O3S2/c1-27-16-8-5-13(9-17(16)28-2)15(26)10-29-21-20-19(23-11-24-21)18(25-30-20)12-3-6-14(22)7-4-12/h3-9,11H,10H2,1-2H3. The summed E-state index contributed by atoms with van der Waals surface area (Å²) in [5.41, 5.74) is 2.66. The predicted octanol–water partition coefficient (Wildman–Crippen LogP) is 4.88. The number of benzene rings is 2. The first-order chi connectivity index (χ1) is 14.6. The van der Waals surface area contributed by atoms with E-state index in [-0.39, 0.29) is 17.4 Å². The maximum Gasteiger partial charge on any atom is 0.173 e. The number of hydrogen-bond acceptors (Lipinski definition) is 8. The van der Waals surface area contributed by atoms with E-state index in [1.165, 1.54) is 48.9 Å². The Hall–Kier alpha value is -3.04. The lowest BCUT2D eigenvalue weighted by molar-refractivity contribution is 0.102. The predicted molar refractivity (Wildman–Crippen MR) is 115 cm³/mol. The molecule has 0 aliphatic heterocycles. The lowest BCUT2D eigenvalue weighted by atomic mass is 10.1. The van der Waals surface area contributed by atoms with Gasteiger partial charge in [0.25, 0.3) is 0 Å². The normalized spacial score (nSPS) is 10.9. The molecule has 0 fully saturated rings. The van der Waals surface area contributed by atoms with Crippen LogP contribution in [0, 0.1) is 5.82 Å². The fraction of sp³-hybridized carbons (Fsp3) is 0.143. The molecule has 0 unspecified atom stereocenters. The van der Waals surface area contributed by atoms with Crippen LogP contribution in [0.25, 0.3) is 21.5 Å². The maximum atomic E-state index is 13.2. The fourth-order valence-corrected chi connectivity index (χ4v) is 4.68. The van der Waals surface area contributed by atoms with Crippen molar-refractivity contribution in [2.45, 2.75) is 5.03 Å². The van der Waals surface area contributed by atoms with Gasteiger partial charge in [0, 0.05) is 11.1 Å². The topological polar surface area (TPSA) is 74.2 Å². The van der Waals surface area contributed by atoms with Crippen molar-refractivity contribution in [3.63, 3.8) is 0 Å². The summed E-state index contributed by atoms with van der Waals surface area (Å²) in [6.07, 6.45) is 1.45. The second-order valence-corrected chi connectivity index (χ2v) is 7.91. The molecule has 0 bridgehead atoms. The molecule has 2 aromatic carbocycles. The molecular formula is C21H16FN3O3S2. The van der Waals surface area contributed by atoms with E-state index in [1.54, 1.807) is 37.4 Å². The van der Waals surface area contributed by atoms with Gasteiger partial charge < -0.3 is 9.47 Å². The Labute approximate surface area is 180 Å². The molecule has 4 aromatic rings. The van der Waals surface area contributed by atoms with Gasteiger partial charge in [0.1, 0.15) is 33.1 Å². The van der Waals surface area contributed by atoms with Crippen LogP contribution in [-0.2, 0) is 0 Å². The quantitative estimate of drug-likeness (QED) is 0.230. The highest BCUT2D eigenvalue weighted by molar-refractivity contribution is 8.00. The third-order valence-corrected chi connectivity index (χ3v) is 6.35. The minimum absolute atomic E-state index is 0.0593. The van der Waals surface area contributed by atoms with Crippen molar-refractivity contribution >= 4 is 39.3 Å². The number of thioether (sulfide) groups is 1. The highest BCUT2D eigenvalue weighted by Gasteiger charge is 2.17. The van der Waals surface area contributed by atoms with Gasteiger partial charge in [0.2, 0.25) is 0 Å². The zero-order valence-electron chi connectivity index (χ0n) is 16.1. The van der Waals surface area contributed by atoms with Crippen molar-refractivity contribution in [3.8, 4) is 22.8 Å². The summed E-state index contributed by atoms with van der Waals surface area (Å²) in [5.74, 6) is 0.904. The summed E-state index contributed by atoms with van der Waals surface area (Å²) in [5, 5.41) is 0.680. The molecule has 0 spiro atoms. The molecule has 152 valence electrons. The van der Waals surface area contributed by atoms with Crippen molar-refractivity contribution in [3.05, 3.63) is 60.2 Å². The van der Waals surface area contributed by atoms with Gasteiger partial charge in [-0.3, -0.25) is 4.79 Å². The summed E-state index contributed by atoms with van der Waals surface area (Å²) in [4.78, 5) is 21.3. The molecule has 9 heteroatoms. The van der Waals surface area contributed by atoms with Crippen LogP contribution in [0.2, 0.25) is 0 Å². The number of hydrogen-bond donors (Lipinski definition) is 0. The van der Waals surface area contributed by atoms with E-state index in [0.717, 1.165) is 10.3 Å². The zero-order valence-corrected chi connectivity index (χ0v) is 17.7. The van der Waals surface area contributed by atoms with E-state index in [1.807, 2.05) is 0 Å². The number of carbonyl (C=O) groups is 1. The van der Waals surface area contributed by atoms with E-state index in [9.17, 15) is 9.18 Å². The Morgan fingerprint density at radius 2 is 1.83 bits per heavy atom. The Morgan fingerprint density at radius 3 is 2.57 bits per heavy atom. The monoisotopic (exact) mass is 441 g/mol. The highest BCUT2D eigenvalue weighted by atomic mass is 32.2. The Bertz CT molecular complexity index is 1210. The van der Waals surface area contributed by atoms with Gasteiger partial charge >= 0.3 is 0 Å². The maximum absolute atomic E-state index is 13.2. The smallest absolute Gasteiger partial charge is 0.173 e. The van der Waals surface area contributed by atoms with Gasteiger partial charge in [-0.25, -0.2) is 14.4 Å². The minimum atomic E-state index is -0.308. The van der Waals surface area contributed by atoms with Crippen LogP contribution >= 0.6 is 23.3 Å². The molecule has 2 heterocycles. The Morgan fingerprint density at radius 1 is 1.07 bits per heavy atom. The largest absolute Gasteiger partial charge is 0.493 e. The van der Waals surface area contributed by atoms with Crippen LogP contribution in [-0.4, -0.2) is 40.1 Å². The second kappa shape index (κ2) is 8.76. The Kier molecular flexibility index (Phi) is 5.91. The first kappa shape index (κ1) is 20.2.